The largest absolute Gasteiger partial charge is 0.324 e. The summed E-state index contributed by atoms with van der Waals surface area (Å²) in [6.45, 7) is 1.97. The highest BCUT2D eigenvalue weighted by molar-refractivity contribution is 6.30. The van der Waals surface area contributed by atoms with Crippen molar-refractivity contribution in [3.8, 4) is 0 Å². The molecule has 0 aliphatic carbocycles. The Morgan fingerprint density at radius 1 is 1.12 bits per heavy atom. The number of fused-ring (bicyclic) bond motifs is 1. The summed E-state index contributed by atoms with van der Waals surface area (Å²) in [5.74, 6) is -1.71. The Morgan fingerprint density at radius 2 is 1.85 bits per heavy atom. The first-order valence-corrected chi connectivity index (χ1v) is 8.46. The lowest BCUT2D eigenvalue weighted by Gasteiger charge is -2.13. The average Bonchev–Trinajstić information content (AvgIpc) is 2.82. The van der Waals surface area contributed by atoms with Crippen molar-refractivity contribution in [3.63, 3.8) is 0 Å². The first-order valence-electron chi connectivity index (χ1n) is 8.08. The van der Waals surface area contributed by atoms with Crippen LogP contribution >= 0.6 is 11.6 Å². The molecule has 1 aliphatic heterocycles. The first kappa shape index (κ1) is 18.1. The summed E-state index contributed by atoms with van der Waals surface area (Å²) < 4.78 is 13.6. The van der Waals surface area contributed by atoms with Crippen molar-refractivity contribution < 1.29 is 18.8 Å². The Balaban J connectivity index is 1.57. The molecule has 26 heavy (non-hydrogen) atoms. The van der Waals surface area contributed by atoms with Crippen LogP contribution in [0.25, 0.3) is 0 Å². The van der Waals surface area contributed by atoms with E-state index in [0.717, 1.165) is 10.5 Å². The second-order valence-electron chi connectivity index (χ2n) is 6.09. The van der Waals surface area contributed by atoms with Crippen molar-refractivity contribution >= 4 is 35.0 Å². The molecular weight excluding hydrogens is 359 g/mol. The van der Waals surface area contributed by atoms with Gasteiger partial charge < -0.3 is 5.32 Å². The first-order chi connectivity index (χ1) is 12.4. The van der Waals surface area contributed by atoms with Gasteiger partial charge in [0.25, 0.3) is 11.8 Å². The van der Waals surface area contributed by atoms with Crippen molar-refractivity contribution in [2.75, 3.05) is 11.9 Å². The number of rotatable bonds is 5. The molecule has 2 aromatic carbocycles. The Morgan fingerprint density at radius 3 is 2.62 bits per heavy atom. The fourth-order valence-corrected chi connectivity index (χ4v) is 2.98. The van der Waals surface area contributed by atoms with E-state index in [9.17, 15) is 18.8 Å². The molecule has 0 aromatic heterocycles. The van der Waals surface area contributed by atoms with Crippen molar-refractivity contribution in [2.45, 2.75) is 19.8 Å². The molecule has 1 heterocycles. The number of anilines is 1. The van der Waals surface area contributed by atoms with Crippen molar-refractivity contribution in [3.05, 3.63) is 63.9 Å². The van der Waals surface area contributed by atoms with Crippen LogP contribution in [0.4, 0.5) is 10.1 Å². The van der Waals surface area contributed by atoms with Gasteiger partial charge in [0.2, 0.25) is 5.91 Å². The number of nitrogens with one attached hydrogen (secondary N) is 1. The summed E-state index contributed by atoms with van der Waals surface area (Å²) in [7, 11) is 0. The molecular formula is C19H16ClFN2O3. The summed E-state index contributed by atoms with van der Waals surface area (Å²) in [5, 5.41) is 2.75. The van der Waals surface area contributed by atoms with Crippen LogP contribution in [0.15, 0.2) is 36.4 Å². The van der Waals surface area contributed by atoms with Gasteiger partial charge in [0.05, 0.1) is 16.8 Å². The molecule has 7 heteroatoms. The molecule has 0 saturated heterocycles. The maximum absolute atomic E-state index is 13.6. The van der Waals surface area contributed by atoms with E-state index >= 15 is 0 Å². The summed E-state index contributed by atoms with van der Waals surface area (Å²) in [6.07, 6.45) is 0.316. The summed E-state index contributed by atoms with van der Waals surface area (Å²) in [6, 6.07) is 8.97. The molecule has 0 spiro atoms. The zero-order valence-electron chi connectivity index (χ0n) is 14.0. The normalized spacial score (nSPS) is 13.1. The Bertz CT molecular complexity index is 914. The van der Waals surface area contributed by atoms with Crippen molar-refractivity contribution in [2.24, 2.45) is 0 Å². The minimum atomic E-state index is -0.585. The zero-order valence-corrected chi connectivity index (χ0v) is 14.8. The van der Waals surface area contributed by atoms with E-state index in [1.54, 1.807) is 18.2 Å². The highest BCUT2D eigenvalue weighted by Gasteiger charge is 2.34. The molecule has 3 amide bonds. The average molecular weight is 375 g/mol. The molecule has 134 valence electrons. The number of hydrogen-bond acceptors (Lipinski definition) is 3. The standard InChI is InChI=1S/C19H16ClFN2O3/c1-11-4-6-13-14(9-11)19(26)23(18(13)25)8-2-3-17(24)22-16-10-12(20)5-7-15(16)21/h4-7,9-10H,2-3,8H2,1H3,(H,22,24). The SMILES string of the molecule is Cc1ccc2c(c1)C(=O)N(CCCC(=O)Nc1cc(Cl)ccc1F)C2=O. The molecule has 5 nitrogen and oxygen atoms in total. The Hall–Kier alpha value is -2.73. The van der Waals surface area contributed by atoms with E-state index in [2.05, 4.69) is 5.32 Å². The van der Waals surface area contributed by atoms with Gasteiger partial charge in [0.15, 0.2) is 0 Å². The highest BCUT2D eigenvalue weighted by atomic mass is 35.5. The van der Waals surface area contributed by atoms with Gasteiger partial charge in [-0.15, -0.1) is 0 Å². The van der Waals surface area contributed by atoms with Crippen molar-refractivity contribution in [1.29, 1.82) is 0 Å². The lowest BCUT2D eigenvalue weighted by atomic mass is 10.1. The lowest BCUT2D eigenvalue weighted by Crippen LogP contribution is -2.31. The summed E-state index contributed by atoms with van der Waals surface area (Å²) >= 11 is 5.78. The number of halogens is 2. The predicted octanol–water partition coefficient (Wildman–Crippen LogP) is 3.80. The van der Waals surface area contributed by atoms with Gasteiger partial charge in [0, 0.05) is 18.0 Å². The lowest BCUT2D eigenvalue weighted by molar-refractivity contribution is -0.116. The topological polar surface area (TPSA) is 66.5 Å². The predicted molar refractivity (Wildman–Crippen MR) is 95.8 cm³/mol. The molecule has 1 N–H and O–H groups in total. The number of carbonyl (C=O) groups is 3. The van der Waals surface area contributed by atoms with Gasteiger partial charge >= 0.3 is 0 Å². The molecule has 0 fully saturated rings. The van der Waals surface area contributed by atoms with Crippen LogP contribution in [0, 0.1) is 12.7 Å². The number of hydrogen-bond donors (Lipinski definition) is 1. The minimum Gasteiger partial charge on any atom is -0.324 e. The zero-order chi connectivity index (χ0) is 18.8. The van der Waals surface area contributed by atoms with Crippen molar-refractivity contribution in [1.82, 2.24) is 4.90 Å². The fraction of sp³-hybridized carbons (Fsp3) is 0.211. The van der Waals surface area contributed by atoms with E-state index in [1.165, 1.54) is 18.2 Å². The molecule has 0 radical (unpaired) electrons. The second-order valence-corrected chi connectivity index (χ2v) is 6.52. The number of nitrogens with zero attached hydrogens (tertiary/aromatic N) is 1. The van der Waals surface area contributed by atoms with Gasteiger partial charge in [-0.1, -0.05) is 23.2 Å². The van der Waals surface area contributed by atoms with Crippen LogP contribution in [0.1, 0.15) is 39.1 Å². The molecule has 3 rings (SSSR count). The highest BCUT2D eigenvalue weighted by Crippen LogP contribution is 2.24. The number of aryl methyl sites for hydroxylation is 1. The number of benzene rings is 2. The summed E-state index contributed by atoms with van der Waals surface area (Å²) in [4.78, 5) is 37.8. The van der Waals surface area contributed by atoms with Crippen LogP contribution < -0.4 is 5.32 Å². The molecule has 0 bridgehead atoms. The summed E-state index contributed by atoms with van der Waals surface area (Å²) in [5.41, 5.74) is 1.67. The number of imide groups is 1. The smallest absolute Gasteiger partial charge is 0.261 e. The van der Waals surface area contributed by atoms with Gasteiger partial charge in [-0.2, -0.15) is 0 Å². The Kier molecular flexibility index (Phi) is 5.04. The molecule has 1 aliphatic rings. The van der Waals surface area contributed by atoms with E-state index in [4.69, 9.17) is 11.6 Å². The maximum Gasteiger partial charge on any atom is 0.261 e. The second kappa shape index (κ2) is 7.25. The van der Waals surface area contributed by atoms with Crippen LogP contribution in [0.5, 0.6) is 0 Å². The molecule has 0 atom stereocenters. The monoisotopic (exact) mass is 374 g/mol. The molecule has 0 saturated carbocycles. The van der Waals surface area contributed by atoms with Crippen LogP contribution in [-0.4, -0.2) is 29.2 Å². The third-order valence-corrected chi connectivity index (χ3v) is 4.35. The molecule has 2 aromatic rings. The van der Waals surface area contributed by atoms with Crippen LogP contribution in [0.3, 0.4) is 0 Å². The number of amides is 3. The van der Waals surface area contributed by atoms with E-state index in [-0.39, 0.29) is 36.9 Å². The third kappa shape index (κ3) is 3.60. The molecule has 0 unspecified atom stereocenters. The maximum atomic E-state index is 13.6. The van der Waals surface area contributed by atoms with Gasteiger partial charge in [-0.25, -0.2) is 4.39 Å². The minimum absolute atomic E-state index is 0.00120. The van der Waals surface area contributed by atoms with Gasteiger partial charge in [-0.3, -0.25) is 19.3 Å². The quantitative estimate of drug-likeness (QED) is 0.809. The Labute approximate surface area is 154 Å². The van der Waals surface area contributed by atoms with Crippen LogP contribution in [0.2, 0.25) is 5.02 Å². The fourth-order valence-electron chi connectivity index (χ4n) is 2.81. The van der Waals surface area contributed by atoms with Gasteiger partial charge in [-0.05, 0) is 43.7 Å². The van der Waals surface area contributed by atoms with Crippen LogP contribution in [-0.2, 0) is 4.79 Å². The van der Waals surface area contributed by atoms with E-state index < -0.39 is 11.7 Å². The third-order valence-electron chi connectivity index (χ3n) is 4.11. The van der Waals surface area contributed by atoms with E-state index in [0.29, 0.717) is 16.1 Å². The van der Waals surface area contributed by atoms with Gasteiger partial charge in [0.1, 0.15) is 5.82 Å². The number of carbonyl (C=O) groups excluding carboxylic acids is 3. The van der Waals surface area contributed by atoms with E-state index in [1.807, 2.05) is 6.92 Å².